The molecular formula is C21H31FN2O3S. The van der Waals surface area contributed by atoms with Crippen LogP contribution in [0.2, 0.25) is 0 Å². The van der Waals surface area contributed by atoms with Gasteiger partial charge in [-0.3, -0.25) is 0 Å². The van der Waals surface area contributed by atoms with Crippen LogP contribution in [0.25, 0.3) is 0 Å². The number of hydrogen-bond acceptors (Lipinski definition) is 3. The minimum absolute atomic E-state index is 0.240. The van der Waals surface area contributed by atoms with Gasteiger partial charge in [-0.2, -0.15) is 0 Å². The summed E-state index contributed by atoms with van der Waals surface area (Å²) in [6.45, 7) is 6.99. The van der Waals surface area contributed by atoms with Crippen molar-refractivity contribution in [1.82, 2.24) is 9.62 Å². The summed E-state index contributed by atoms with van der Waals surface area (Å²) in [6.07, 6.45) is 1.33. The summed E-state index contributed by atoms with van der Waals surface area (Å²) in [4.78, 5) is 14.1. The van der Waals surface area contributed by atoms with Crippen LogP contribution in [0.4, 0.5) is 9.18 Å². The lowest BCUT2D eigenvalue weighted by Crippen LogP contribution is -2.54. The second-order valence-electron chi connectivity index (χ2n) is 8.92. The number of ether oxygens (including phenoxy) is 1. The molecule has 2 fully saturated rings. The molecule has 0 aromatic heterocycles. The number of nitrogens with one attached hydrogen (secondary N) is 1. The zero-order chi connectivity index (χ0) is 20.4. The van der Waals surface area contributed by atoms with E-state index in [2.05, 4.69) is 4.72 Å². The molecule has 3 atom stereocenters. The van der Waals surface area contributed by atoms with Crippen molar-refractivity contribution in [1.29, 1.82) is 0 Å². The summed E-state index contributed by atoms with van der Waals surface area (Å²) >= 11 is 0. The molecule has 0 radical (unpaired) electrons. The first-order valence-electron chi connectivity index (χ1n) is 9.99. The Balaban J connectivity index is 1.56. The van der Waals surface area contributed by atoms with Crippen LogP contribution in [0.15, 0.2) is 30.3 Å². The molecule has 3 unspecified atom stereocenters. The van der Waals surface area contributed by atoms with Crippen LogP contribution in [-0.4, -0.2) is 45.3 Å². The van der Waals surface area contributed by atoms with E-state index in [-0.39, 0.29) is 18.1 Å². The molecule has 156 valence electrons. The Hall–Kier alpha value is -1.47. The lowest BCUT2D eigenvalue weighted by atomic mass is 9.74. The number of carbonyl (C=O) groups excluding carboxylic acids is 1. The Bertz CT molecular complexity index is 699. The smallest absolute Gasteiger partial charge is 0.410 e. The Morgan fingerprint density at radius 2 is 1.89 bits per heavy atom. The first kappa shape index (κ1) is 21.2. The first-order chi connectivity index (χ1) is 13.2. The molecule has 5 nitrogen and oxygen atoms in total. The third kappa shape index (κ3) is 4.74. The molecule has 1 saturated heterocycles. The highest BCUT2D eigenvalue weighted by Crippen LogP contribution is 2.48. The van der Waals surface area contributed by atoms with Crippen molar-refractivity contribution >= 4 is 17.1 Å². The topological polar surface area (TPSA) is 58.6 Å². The van der Waals surface area contributed by atoms with Gasteiger partial charge in [0, 0.05) is 13.1 Å². The van der Waals surface area contributed by atoms with Crippen LogP contribution in [0.5, 0.6) is 0 Å². The van der Waals surface area contributed by atoms with E-state index in [1.807, 2.05) is 51.1 Å². The number of halogens is 1. The normalized spacial score (nSPS) is 25.6. The second kappa shape index (κ2) is 8.49. The number of rotatable bonds is 4. The van der Waals surface area contributed by atoms with Gasteiger partial charge in [0.25, 0.3) is 0 Å². The molecule has 2 aliphatic rings. The van der Waals surface area contributed by atoms with Gasteiger partial charge < -0.3 is 9.64 Å². The molecule has 3 rings (SSSR count). The number of alkyl halides is 1. The van der Waals surface area contributed by atoms with Gasteiger partial charge in [0.2, 0.25) is 0 Å². The maximum absolute atomic E-state index is 14.6. The summed E-state index contributed by atoms with van der Waals surface area (Å²) < 4.78 is 35.2. The number of hydrogen-bond donors (Lipinski definition) is 1. The van der Waals surface area contributed by atoms with Gasteiger partial charge >= 0.3 is 6.09 Å². The van der Waals surface area contributed by atoms with Crippen LogP contribution >= 0.6 is 0 Å². The molecule has 1 N–H and O–H groups in total. The second-order valence-corrected chi connectivity index (χ2v) is 10.9. The molecule has 1 aliphatic heterocycles. The quantitative estimate of drug-likeness (QED) is 0.817. The van der Waals surface area contributed by atoms with Gasteiger partial charge in [-0.15, -0.1) is 0 Å². The zero-order valence-electron chi connectivity index (χ0n) is 16.9. The summed E-state index contributed by atoms with van der Waals surface area (Å²) in [7, 11) is -1.31. The van der Waals surface area contributed by atoms with E-state index in [0.29, 0.717) is 32.4 Å². The van der Waals surface area contributed by atoms with Crippen molar-refractivity contribution in [3.63, 3.8) is 0 Å². The van der Waals surface area contributed by atoms with Gasteiger partial charge in [-0.05, 0) is 57.4 Å². The standard InChI is InChI=1S/C21H31FN2O3S/c1-20(2,3)28(26)23-18-17(22)9-10-21(18)11-13-24(14-12-21)19(25)27-15-16-7-5-4-6-8-16/h4-8,17-18,23H,9-15H2,1-3H3. The molecule has 1 aromatic carbocycles. The van der Waals surface area contributed by atoms with Crippen LogP contribution in [-0.2, 0) is 22.3 Å². The molecule has 1 spiro atoms. The van der Waals surface area contributed by atoms with Gasteiger partial charge in [0.05, 0.1) is 21.8 Å². The minimum Gasteiger partial charge on any atom is -0.445 e. The summed E-state index contributed by atoms with van der Waals surface area (Å²) in [5, 5.41) is 0. The molecule has 7 heteroatoms. The average Bonchev–Trinajstić information content (AvgIpc) is 2.96. The summed E-state index contributed by atoms with van der Waals surface area (Å²) in [5.41, 5.74) is 0.714. The maximum Gasteiger partial charge on any atom is 0.410 e. The number of amides is 1. The van der Waals surface area contributed by atoms with Crippen molar-refractivity contribution in [2.75, 3.05) is 13.1 Å². The first-order valence-corrected chi connectivity index (χ1v) is 11.1. The number of likely N-dealkylation sites (tertiary alicyclic amines) is 1. The predicted octanol–water partition coefficient (Wildman–Crippen LogP) is 3.96. The Morgan fingerprint density at radius 1 is 1.25 bits per heavy atom. The van der Waals surface area contributed by atoms with E-state index < -0.39 is 27.9 Å². The van der Waals surface area contributed by atoms with E-state index >= 15 is 0 Å². The highest BCUT2D eigenvalue weighted by atomic mass is 32.2. The Morgan fingerprint density at radius 3 is 2.50 bits per heavy atom. The lowest BCUT2D eigenvalue weighted by molar-refractivity contribution is 0.0517. The van der Waals surface area contributed by atoms with Gasteiger partial charge in [0.1, 0.15) is 12.8 Å². The molecule has 1 aliphatic carbocycles. The van der Waals surface area contributed by atoms with Crippen LogP contribution in [0.1, 0.15) is 52.0 Å². The van der Waals surface area contributed by atoms with E-state index in [1.54, 1.807) is 4.90 Å². The average molecular weight is 411 g/mol. The van der Waals surface area contributed by atoms with E-state index in [4.69, 9.17) is 4.74 Å². The highest BCUT2D eigenvalue weighted by Gasteiger charge is 2.51. The Labute approximate surface area is 169 Å². The number of benzene rings is 1. The zero-order valence-corrected chi connectivity index (χ0v) is 17.8. The molecule has 1 aromatic rings. The fourth-order valence-corrected chi connectivity index (χ4v) is 5.11. The van der Waals surface area contributed by atoms with Crippen molar-refractivity contribution in [2.24, 2.45) is 5.41 Å². The number of carbonyl (C=O) groups is 1. The third-order valence-corrected chi connectivity index (χ3v) is 7.53. The molecule has 1 amide bonds. The largest absolute Gasteiger partial charge is 0.445 e. The summed E-state index contributed by atoms with van der Waals surface area (Å²) in [5.74, 6) is 0. The maximum atomic E-state index is 14.6. The fraction of sp³-hybridized carbons (Fsp3) is 0.667. The van der Waals surface area contributed by atoms with Crippen molar-refractivity contribution in [2.45, 2.75) is 70.0 Å². The predicted molar refractivity (Wildman–Crippen MR) is 109 cm³/mol. The fourth-order valence-electron chi connectivity index (χ4n) is 4.13. The van der Waals surface area contributed by atoms with Crippen molar-refractivity contribution in [3.05, 3.63) is 35.9 Å². The van der Waals surface area contributed by atoms with E-state index in [9.17, 15) is 13.4 Å². The molecule has 0 bridgehead atoms. The van der Waals surface area contributed by atoms with Gasteiger partial charge in [-0.1, -0.05) is 30.3 Å². The third-order valence-electron chi connectivity index (χ3n) is 5.95. The van der Waals surface area contributed by atoms with E-state index in [0.717, 1.165) is 12.0 Å². The van der Waals surface area contributed by atoms with Crippen LogP contribution < -0.4 is 4.72 Å². The number of piperidine rings is 1. The van der Waals surface area contributed by atoms with Crippen LogP contribution in [0, 0.1) is 5.41 Å². The minimum atomic E-state index is -1.31. The van der Waals surface area contributed by atoms with Gasteiger partial charge in [0.15, 0.2) is 0 Å². The molecular weight excluding hydrogens is 379 g/mol. The van der Waals surface area contributed by atoms with Crippen molar-refractivity contribution in [3.8, 4) is 0 Å². The molecule has 28 heavy (non-hydrogen) atoms. The Kier molecular flexibility index (Phi) is 6.44. The summed E-state index contributed by atoms with van der Waals surface area (Å²) in [6, 6.07) is 9.17. The lowest BCUT2D eigenvalue weighted by Gasteiger charge is -2.43. The van der Waals surface area contributed by atoms with Crippen LogP contribution in [0.3, 0.4) is 0 Å². The molecule has 1 saturated carbocycles. The number of nitrogens with zero attached hydrogens (tertiary/aromatic N) is 1. The SMILES string of the molecule is CC(C)(C)S(=O)NC1C(F)CCC12CCN(C(=O)OCc1ccccc1)CC2. The highest BCUT2D eigenvalue weighted by molar-refractivity contribution is 7.84. The monoisotopic (exact) mass is 410 g/mol. The van der Waals surface area contributed by atoms with Crippen molar-refractivity contribution < 1.29 is 18.1 Å². The van der Waals surface area contributed by atoms with E-state index in [1.165, 1.54) is 0 Å². The molecule has 1 heterocycles. The van der Waals surface area contributed by atoms with Gasteiger partial charge in [-0.25, -0.2) is 18.1 Å².